The molecule has 0 radical (unpaired) electrons. The van der Waals surface area contributed by atoms with Crippen LogP contribution < -0.4 is 16.0 Å². The first-order chi connectivity index (χ1) is 8.61. The average Bonchev–Trinajstić information content (AvgIpc) is 2.31. The summed E-state index contributed by atoms with van der Waals surface area (Å²) in [5, 5.41) is 16.3. The third-order valence-corrected chi connectivity index (χ3v) is 2.75. The van der Waals surface area contributed by atoms with Crippen molar-refractivity contribution in [1.29, 1.82) is 0 Å². The Morgan fingerprint density at radius 3 is 2.11 bits per heavy atom. The summed E-state index contributed by atoms with van der Waals surface area (Å²) in [6.45, 7) is 6.89. The average molecular weight is 273 g/mol. The summed E-state index contributed by atoms with van der Waals surface area (Å²) in [6, 6.07) is -1.55. The highest BCUT2D eigenvalue weighted by Gasteiger charge is 2.28. The van der Waals surface area contributed by atoms with Gasteiger partial charge in [-0.05, 0) is 19.8 Å². The number of nitrogens with one attached hydrogen (secondary N) is 3. The summed E-state index contributed by atoms with van der Waals surface area (Å²) in [6.07, 6.45) is 0. The maximum absolute atomic E-state index is 11.6. The number of carbonyl (C=O) groups is 3. The Morgan fingerprint density at radius 1 is 1.21 bits per heavy atom. The third-order valence-electron chi connectivity index (χ3n) is 2.75. The van der Waals surface area contributed by atoms with Crippen LogP contribution in [0, 0.1) is 11.3 Å². The standard InChI is InChI=1S/C12H23N3O4/c1-7(2)8(9(16)17)15-11(19)14-6-12(3,4)10(18)13-5/h7-8H,6H2,1-5H3,(H,13,18)(H,16,17)(H2,14,15,19)/t8-/m0/s1. The SMILES string of the molecule is CNC(=O)C(C)(C)CNC(=O)N[C@H](C(=O)O)C(C)C. The van der Waals surface area contributed by atoms with E-state index in [1.165, 1.54) is 7.05 Å². The minimum Gasteiger partial charge on any atom is -0.480 e. The van der Waals surface area contributed by atoms with Gasteiger partial charge < -0.3 is 21.1 Å². The van der Waals surface area contributed by atoms with Crippen LogP contribution >= 0.6 is 0 Å². The van der Waals surface area contributed by atoms with Gasteiger partial charge in [0.2, 0.25) is 5.91 Å². The lowest BCUT2D eigenvalue weighted by Crippen LogP contribution is -2.51. The van der Waals surface area contributed by atoms with Gasteiger partial charge in [-0.3, -0.25) is 4.79 Å². The van der Waals surface area contributed by atoms with Crippen molar-refractivity contribution in [2.45, 2.75) is 33.7 Å². The topological polar surface area (TPSA) is 108 Å². The second-order valence-corrected chi connectivity index (χ2v) is 5.35. The number of rotatable bonds is 6. The Kier molecular flexibility index (Phi) is 6.31. The fourth-order valence-corrected chi connectivity index (χ4v) is 1.43. The molecule has 0 saturated carbocycles. The Bertz CT molecular complexity index is 353. The second kappa shape index (κ2) is 6.96. The van der Waals surface area contributed by atoms with Gasteiger partial charge in [0.1, 0.15) is 6.04 Å². The van der Waals surface area contributed by atoms with Gasteiger partial charge in [0.25, 0.3) is 0 Å². The molecule has 0 fully saturated rings. The molecule has 0 aliphatic heterocycles. The molecule has 7 nitrogen and oxygen atoms in total. The van der Waals surface area contributed by atoms with Crippen molar-refractivity contribution >= 4 is 17.9 Å². The fourth-order valence-electron chi connectivity index (χ4n) is 1.43. The van der Waals surface area contributed by atoms with Crippen LogP contribution in [0.3, 0.4) is 0 Å². The minimum absolute atomic E-state index is 0.114. The Labute approximate surface area is 113 Å². The molecule has 0 aromatic rings. The largest absolute Gasteiger partial charge is 0.480 e. The van der Waals surface area contributed by atoms with E-state index in [1.54, 1.807) is 27.7 Å². The van der Waals surface area contributed by atoms with Crippen LogP contribution in [0.15, 0.2) is 0 Å². The van der Waals surface area contributed by atoms with Crippen molar-refractivity contribution in [1.82, 2.24) is 16.0 Å². The van der Waals surface area contributed by atoms with Gasteiger partial charge >= 0.3 is 12.0 Å². The van der Waals surface area contributed by atoms with Crippen molar-refractivity contribution in [3.05, 3.63) is 0 Å². The number of hydrogen-bond acceptors (Lipinski definition) is 3. The first-order valence-corrected chi connectivity index (χ1v) is 6.11. The summed E-state index contributed by atoms with van der Waals surface area (Å²) in [4.78, 5) is 34.0. The summed E-state index contributed by atoms with van der Waals surface area (Å²) < 4.78 is 0. The van der Waals surface area contributed by atoms with Crippen molar-refractivity contribution < 1.29 is 19.5 Å². The highest BCUT2D eigenvalue weighted by Crippen LogP contribution is 2.13. The fraction of sp³-hybridized carbons (Fsp3) is 0.750. The van der Waals surface area contributed by atoms with E-state index < -0.39 is 23.5 Å². The van der Waals surface area contributed by atoms with Gasteiger partial charge in [0.15, 0.2) is 0 Å². The molecule has 0 aliphatic rings. The molecular weight excluding hydrogens is 250 g/mol. The molecule has 0 aliphatic carbocycles. The van der Waals surface area contributed by atoms with Crippen molar-refractivity contribution in [2.75, 3.05) is 13.6 Å². The summed E-state index contributed by atoms with van der Waals surface area (Å²) in [5.74, 6) is -1.52. The van der Waals surface area contributed by atoms with Gasteiger partial charge in [-0.2, -0.15) is 0 Å². The zero-order valence-corrected chi connectivity index (χ0v) is 12.0. The predicted octanol–water partition coefficient (Wildman–Crippen LogP) is 0.167. The van der Waals surface area contributed by atoms with E-state index in [2.05, 4.69) is 16.0 Å². The van der Waals surface area contributed by atoms with Crippen LogP contribution in [0.2, 0.25) is 0 Å². The number of carboxylic acids is 1. The molecule has 0 rings (SSSR count). The van der Waals surface area contributed by atoms with Gasteiger partial charge in [0.05, 0.1) is 5.41 Å². The van der Waals surface area contributed by atoms with E-state index in [0.29, 0.717) is 0 Å². The van der Waals surface area contributed by atoms with E-state index >= 15 is 0 Å². The molecule has 0 spiro atoms. The molecule has 19 heavy (non-hydrogen) atoms. The Balaban J connectivity index is 4.40. The van der Waals surface area contributed by atoms with Crippen molar-refractivity contribution in [2.24, 2.45) is 11.3 Å². The molecule has 0 bridgehead atoms. The highest BCUT2D eigenvalue weighted by molar-refractivity contribution is 5.84. The van der Waals surface area contributed by atoms with Gasteiger partial charge in [-0.25, -0.2) is 9.59 Å². The number of carboxylic acid groups (broad SMARTS) is 1. The minimum atomic E-state index is -1.09. The highest BCUT2D eigenvalue weighted by atomic mass is 16.4. The molecule has 0 aromatic carbocycles. The molecule has 3 amide bonds. The molecular formula is C12H23N3O4. The van der Waals surface area contributed by atoms with E-state index in [9.17, 15) is 14.4 Å². The number of hydrogen-bond donors (Lipinski definition) is 4. The van der Waals surface area contributed by atoms with Crippen LogP contribution in [-0.2, 0) is 9.59 Å². The van der Waals surface area contributed by atoms with Crippen LogP contribution in [0.25, 0.3) is 0 Å². The zero-order valence-electron chi connectivity index (χ0n) is 12.0. The lowest BCUT2D eigenvalue weighted by molar-refractivity contribution is -0.140. The first-order valence-electron chi connectivity index (χ1n) is 6.11. The molecule has 4 N–H and O–H groups in total. The molecule has 1 atom stereocenters. The Hall–Kier alpha value is -1.79. The number of aliphatic carboxylic acids is 1. The van der Waals surface area contributed by atoms with E-state index in [-0.39, 0.29) is 18.4 Å². The zero-order chi connectivity index (χ0) is 15.2. The van der Waals surface area contributed by atoms with Gasteiger partial charge in [-0.1, -0.05) is 13.8 Å². The van der Waals surface area contributed by atoms with Crippen molar-refractivity contribution in [3.63, 3.8) is 0 Å². The quantitative estimate of drug-likeness (QED) is 0.553. The lowest BCUT2D eigenvalue weighted by atomic mass is 9.92. The second-order valence-electron chi connectivity index (χ2n) is 5.35. The summed E-state index contributed by atoms with van der Waals surface area (Å²) in [5.41, 5.74) is -0.761. The number of amides is 3. The van der Waals surface area contributed by atoms with E-state index in [1.807, 2.05) is 0 Å². The summed E-state index contributed by atoms with van der Waals surface area (Å²) >= 11 is 0. The summed E-state index contributed by atoms with van der Waals surface area (Å²) in [7, 11) is 1.52. The molecule has 0 saturated heterocycles. The molecule has 110 valence electrons. The molecule has 0 heterocycles. The van der Waals surface area contributed by atoms with E-state index in [4.69, 9.17) is 5.11 Å². The maximum Gasteiger partial charge on any atom is 0.326 e. The monoisotopic (exact) mass is 273 g/mol. The Morgan fingerprint density at radius 2 is 1.74 bits per heavy atom. The smallest absolute Gasteiger partial charge is 0.326 e. The molecule has 0 aromatic heterocycles. The normalized spacial score (nSPS) is 12.7. The first kappa shape index (κ1) is 17.2. The third kappa shape index (κ3) is 5.58. The van der Waals surface area contributed by atoms with Crippen LogP contribution in [0.4, 0.5) is 4.79 Å². The molecule has 7 heteroatoms. The van der Waals surface area contributed by atoms with Crippen LogP contribution in [-0.4, -0.2) is 42.6 Å². The van der Waals surface area contributed by atoms with E-state index in [0.717, 1.165) is 0 Å². The van der Waals surface area contributed by atoms with Gasteiger partial charge in [-0.15, -0.1) is 0 Å². The number of carbonyl (C=O) groups excluding carboxylic acids is 2. The number of urea groups is 1. The maximum atomic E-state index is 11.6. The predicted molar refractivity (Wildman–Crippen MR) is 70.6 cm³/mol. The van der Waals surface area contributed by atoms with Crippen LogP contribution in [0.1, 0.15) is 27.7 Å². The van der Waals surface area contributed by atoms with Gasteiger partial charge in [0, 0.05) is 13.6 Å². The lowest BCUT2D eigenvalue weighted by Gasteiger charge is -2.24. The van der Waals surface area contributed by atoms with Crippen LogP contribution in [0.5, 0.6) is 0 Å². The van der Waals surface area contributed by atoms with Crippen molar-refractivity contribution in [3.8, 4) is 0 Å². The molecule has 0 unspecified atom stereocenters.